The Hall–Kier alpha value is -2.33. The van der Waals surface area contributed by atoms with Crippen molar-refractivity contribution in [3.63, 3.8) is 0 Å². The summed E-state index contributed by atoms with van der Waals surface area (Å²) in [6, 6.07) is 17.7. The fourth-order valence-electron chi connectivity index (χ4n) is 1.93. The molecule has 0 aliphatic rings. The summed E-state index contributed by atoms with van der Waals surface area (Å²) in [6.07, 6.45) is 0. The van der Waals surface area contributed by atoms with Gasteiger partial charge in [0.25, 0.3) is 0 Å². The molecule has 0 atom stereocenters. The molecule has 2 N–H and O–H groups in total. The highest BCUT2D eigenvalue weighted by molar-refractivity contribution is 5.90. The Morgan fingerprint density at radius 1 is 1.00 bits per heavy atom. The third kappa shape index (κ3) is 3.16. The van der Waals surface area contributed by atoms with Crippen LogP contribution in [0.15, 0.2) is 60.7 Å². The third-order valence-corrected chi connectivity index (χ3v) is 3.11. The lowest BCUT2D eigenvalue weighted by molar-refractivity contribution is 0.195. The van der Waals surface area contributed by atoms with Crippen LogP contribution in [0.5, 0.6) is 0 Å². The zero-order valence-corrected chi connectivity index (χ0v) is 11.6. The van der Waals surface area contributed by atoms with Gasteiger partial charge in [0, 0.05) is 0 Å². The minimum Gasteiger partial charge on any atom is -0.327 e. The summed E-state index contributed by atoms with van der Waals surface area (Å²) in [4.78, 5) is 12.1. The van der Waals surface area contributed by atoms with Gasteiger partial charge in [-0.25, -0.2) is 4.79 Å². The van der Waals surface area contributed by atoms with Gasteiger partial charge in [-0.2, -0.15) is 5.06 Å². The number of hydrogen-bond donors (Lipinski definition) is 2. The first-order chi connectivity index (χ1) is 9.50. The SMILES string of the molecule is CC(C)(NC(=O)N(O)c1ccccc1)c1ccccc1. The van der Waals surface area contributed by atoms with Gasteiger partial charge in [0.2, 0.25) is 0 Å². The second kappa shape index (κ2) is 5.75. The van der Waals surface area contributed by atoms with Gasteiger partial charge < -0.3 is 5.32 Å². The number of anilines is 1. The summed E-state index contributed by atoms with van der Waals surface area (Å²) >= 11 is 0. The number of amides is 2. The van der Waals surface area contributed by atoms with Gasteiger partial charge in [-0.3, -0.25) is 5.21 Å². The van der Waals surface area contributed by atoms with Gasteiger partial charge in [-0.15, -0.1) is 0 Å². The molecule has 0 aromatic heterocycles. The summed E-state index contributed by atoms with van der Waals surface area (Å²) in [5.74, 6) is 0. The van der Waals surface area contributed by atoms with Crippen molar-refractivity contribution >= 4 is 11.7 Å². The smallest absolute Gasteiger partial charge is 0.327 e. The van der Waals surface area contributed by atoms with E-state index in [0.717, 1.165) is 5.56 Å². The van der Waals surface area contributed by atoms with Crippen LogP contribution in [0.25, 0.3) is 0 Å². The van der Waals surface area contributed by atoms with Crippen molar-refractivity contribution in [1.82, 2.24) is 5.32 Å². The largest absolute Gasteiger partial charge is 0.346 e. The van der Waals surface area contributed by atoms with E-state index < -0.39 is 11.6 Å². The molecule has 104 valence electrons. The monoisotopic (exact) mass is 270 g/mol. The molecule has 0 fully saturated rings. The van der Waals surface area contributed by atoms with Crippen LogP contribution in [0, 0.1) is 0 Å². The Balaban J connectivity index is 2.11. The van der Waals surface area contributed by atoms with Gasteiger partial charge in [0.05, 0.1) is 11.2 Å². The highest BCUT2D eigenvalue weighted by atomic mass is 16.5. The highest BCUT2D eigenvalue weighted by Crippen LogP contribution is 2.20. The van der Waals surface area contributed by atoms with Crippen LogP contribution in [0.4, 0.5) is 10.5 Å². The number of carbonyl (C=O) groups excluding carboxylic acids is 1. The molecule has 0 heterocycles. The normalized spacial score (nSPS) is 10.9. The maximum Gasteiger partial charge on any atom is 0.346 e. The van der Waals surface area contributed by atoms with E-state index in [4.69, 9.17) is 0 Å². The zero-order valence-electron chi connectivity index (χ0n) is 11.6. The van der Waals surface area contributed by atoms with E-state index in [1.807, 2.05) is 50.2 Å². The molecule has 0 bridgehead atoms. The number of rotatable bonds is 3. The van der Waals surface area contributed by atoms with Crippen molar-refractivity contribution in [1.29, 1.82) is 0 Å². The predicted molar refractivity (Wildman–Crippen MR) is 78.7 cm³/mol. The lowest BCUT2D eigenvalue weighted by atomic mass is 9.95. The number of hydroxylamine groups is 1. The van der Waals surface area contributed by atoms with Crippen LogP contribution in [0.2, 0.25) is 0 Å². The van der Waals surface area contributed by atoms with Crippen LogP contribution >= 0.6 is 0 Å². The second-order valence-corrected chi connectivity index (χ2v) is 5.07. The molecule has 20 heavy (non-hydrogen) atoms. The molecular weight excluding hydrogens is 252 g/mol. The number of hydrogen-bond acceptors (Lipinski definition) is 2. The number of nitrogens with one attached hydrogen (secondary N) is 1. The van der Waals surface area contributed by atoms with Gasteiger partial charge in [0.1, 0.15) is 0 Å². The molecular formula is C16H18N2O2. The average Bonchev–Trinajstić information content (AvgIpc) is 2.48. The maximum absolute atomic E-state index is 12.1. The molecule has 2 aromatic carbocycles. The predicted octanol–water partition coefficient (Wildman–Crippen LogP) is 3.53. The average molecular weight is 270 g/mol. The first kappa shape index (κ1) is 14.1. The Bertz CT molecular complexity index is 568. The third-order valence-electron chi connectivity index (χ3n) is 3.11. The summed E-state index contributed by atoms with van der Waals surface area (Å²) < 4.78 is 0. The van der Waals surface area contributed by atoms with Gasteiger partial charge in [-0.05, 0) is 31.5 Å². The number of para-hydroxylation sites is 1. The molecule has 0 radical (unpaired) electrons. The molecule has 0 unspecified atom stereocenters. The highest BCUT2D eigenvalue weighted by Gasteiger charge is 2.25. The van der Waals surface area contributed by atoms with Crippen LogP contribution in [-0.4, -0.2) is 11.2 Å². The Labute approximate surface area is 118 Å². The van der Waals surface area contributed by atoms with Crippen molar-refractivity contribution in [2.24, 2.45) is 0 Å². The van der Waals surface area contributed by atoms with Crippen molar-refractivity contribution < 1.29 is 10.0 Å². The van der Waals surface area contributed by atoms with Gasteiger partial charge >= 0.3 is 6.03 Å². The summed E-state index contributed by atoms with van der Waals surface area (Å²) in [5.41, 5.74) is 0.817. The first-order valence-electron chi connectivity index (χ1n) is 6.42. The molecule has 0 saturated heterocycles. The zero-order chi connectivity index (χ0) is 14.6. The first-order valence-corrected chi connectivity index (χ1v) is 6.42. The van der Waals surface area contributed by atoms with E-state index >= 15 is 0 Å². The summed E-state index contributed by atoms with van der Waals surface area (Å²) in [5, 5.41) is 13.3. The standard InChI is InChI=1S/C16H18N2O2/c1-16(2,13-9-5-3-6-10-13)17-15(19)18(20)14-11-7-4-8-12-14/h3-12,20H,1-2H3,(H,17,19). The van der Waals surface area contributed by atoms with Crippen molar-refractivity contribution in [2.75, 3.05) is 5.06 Å². The molecule has 0 aliphatic carbocycles. The van der Waals surface area contributed by atoms with Gasteiger partial charge in [-0.1, -0.05) is 48.5 Å². The van der Waals surface area contributed by atoms with E-state index in [-0.39, 0.29) is 0 Å². The molecule has 2 aromatic rings. The maximum atomic E-state index is 12.1. The number of urea groups is 1. The van der Waals surface area contributed by atoms with Crippen molar-refractivity contribution in [3.8, 4) is 0 Å². The Morgan fingerprint density at radius 3 is 2.05 bits per heavy atom. The van der Waals surface area contributed by atoms with Crippen molar-refractivity contribution in [2.45, 2.75) is 19.4 Å². The summed E-state index contributed by atoms with van der Waals surface area (Å²) in [7, 11) is 0. The molecule has 0 saturated carbocycles. The molecule has 0 spiro atoms. The Morgan fingerprint density at radius 2 is 1.50 bits per heavy atom. The van der Waals surface area contributed by atoms with Gasteiger partial charge in [0.15, 0.2) is 0 Å². The van der Waals surface area contributed by atoms with Crippen LogP contribution in [0.1, 0.15) is 19.4 Å². The molecule has 2 amide bonds. The minimum atomic E-state index is -0.575. The second-order valence-electron chi connectivity index (χ2n) is 5.07. The minimum absolute atomic E-state index is 0.425. The molecule has 4 nitrogen and oxygen atoms in total. The molecule has 0 aliphatic heterocycles. The van der Waals surface area contributed by atoms with E-state index in [1.54, 1.807) is 24.3 Å². The lowest BCUT2D eigenvalue weighted by Gasteiger charge is -2.29. The quantitative estimate of drug-likeness (QED) is 0.662. The van der Waals surface area contributed by atoms with E-state index in [0.29, 0.717) is 10.8 Å². The lowest BCUT2D eigenvalue weighted by Crippen LogP contribution is -2.47. The van der Waals surface area contributed by atoms with Crippen LogP contribution in [-0.2, 0) is 5.54 Å². The number of benzene rings is 2. The van der Waals surface area contributed by atoms with E-state index in [9.17, 15) is 10.0 Å². The topological polar surface area (TPSA) is 52.6 Å². The molecule has 2 rings (SSSR count). The fraction of sp³-hybridized carbons (Fsp3) is 0.188. The van der Waals surface area contributed by atoms with Crippen LogP contribution in [0.3, 0.4) is 0 Å². The van der Waals surface area contributed by atoms with Crippen LogP contribution < -0.4 is 10.4 Å². The summed E-state index contributed by atoms with van der Waals surface area (Å²) in [6.45, 7) is 3.78. The van der Waals surface area contributed by atoms with E-state index in [1.165, 1.54) is 0 Å². The van der Waals surface area contributed by atoms with E-state index in [2.05, 4.69) is 5.32 Å². The molecule has 4 heteroatoms. The van der Waals surface area contributed by atoms with Crippen molar-refractivity contribution in [3.05, 3.63) is 66.2 Å². The Kier molecular flexibility index (Phi) is 4.05. The number of carbonyl (C=O) groups is 1. The number of nitrogens with zero attached hydrogens (tertiary/aromatic N) is 1. The fourth-order valence-corrected chi connectivity index (χ4v) is 1.93.